The topological polar surface area (TPSA) is 25.2 Å². The first kappa shape index (κ1) is 18.8. The number of hydrogen-bond donors (Lipinski definition) is 0. The zero-order valence-electron chi connectivity index (χ0n) is 11.7. The van der Waals surface area contributed by atoms with Gasteiger partial charge in [0.25, 0.3) is 0 Å². The molecule has 0 N–H and O–H groups in total. The zero-order chi connectivity index (χ0) is 15.6. The molecular formula is C14H18BrF3N2. The highest BCUT2D eigenvalue weighted by molar-refractivity contribution is 9.11. The molecule has 20 heavy (non-hydrogen) atoms. The van der Waals surface area contributed by atoms with E-state index in [4.69, 9.17) is 0 Å². The van der Waals surface area contributed by atoms with Gasteiger partial charge in [0, 0.05) is 18.1 Å². The Morgan fingerprint density at radius 1 is 1.40 bits per heavy atom. The molecule has 0 aliphatic heterocycles. The number of allylic oxidation sites excluding steroid dienone is 1. The summed E-state index contributed by atoms with van der Waals surface area (Å²) in [5.74, 6) is 0. The van der Waals surface area contributed by atoms with Gasteiger partial charge in [0.15, 0.2) is 0 Å². The van der Waals surface area contributed by atoms with Gasteiger partial charge in [-0.25, -0.2) is 0 Å². The predicted octanol–water partition coefficient (Wildman–Crippen LogP) is 5.52. The molecule has 1 rings (SSSR count). The molecule has 0 aliphatic carbocycles. The number of aromatic nitrogens is 1. The quantitative estimate of drug-likeness (QED) is 0.520. The minimum Gasteiger partial charge on any atom is -0.261 e. The average Bonchev–Trinajstić information content (AvgIpc) is 2.39. The van der Waals surface area contributed by atoms with Crippen molar-refractivity contribution in [3.8, 4) is 0 Å². The molecular weight excluding hydrogens is 333 g/mol. The summed E-state index contributed by atoms with van der Waals surface area (Å²) in [6.07, 6.45) is 2.61. The van der Waals surface area contributed by atoms with E-state index in [1.807, 2.05) is 19.2 Å². The van der Waals surface area contributed by atoms with Gasteiger partial charge in [-0.15, -0.1) is 0 Å². The second-order valence-electron chi connectivity index (χ2n) is 3.90. The maximum atomic E-state index is 11.9. The normalized spacial score (nSPS) is 12.2. The Balaban J connectivity index is 0.000000370. The summed E-state index contributed by atoms with van der Waals surface area (Å²) in [5, 5.41) is 0. The Morgan fingerprint density at radius 2 is 2.05 bits per heavy atom. The van der Waals surface area contributed by atoms with Crippen molar-refractivity contribution in [2.45, 2.75) is 39.8 Å². The molecule has 0 saturated heterocycles. The second-order valence-corrected chi connectivity index (χ2v) is 4.71. The first-order valence-electron chi connectivity index (χ1n) is 6.15. The van der Waals surface area contributed by atoms with Crippen molar-refractivity contribution in [3.63, 3.8) is 0 Å². The number of hydrogen-bond acceptors (Lipinski definition) is 2. The molecule has 0 atom stereocenters. The van der Waals surface area contributed by atoms with Crippen molar-refractivity contribution in [1.82, 2.24) is 4.98 Å². The summed E-state index contributed by atoms with van der Waals surface area (Å²) in [5.41, 5.74) is -0.124. The number of aliphatic imine (C=N–C) groups is 1. The third-order valence-corrected chi connectivity index (χ3v) is 2.77. The molecule has 1 heterocycles. The van der Waals surface area contributed by atoms with Gasteiger partial charge < -0.3 is 0 Å². The highest BCUT2D eigenvalue weighted by Gasteiger charge is 2.30. The molecule has 0 saturated carbocycles. The molecule has 1 aromatic heterocycles. The summed E-state index contributed by atoms with van der Waals surface area (Å²) >= 11 is 3.27. The number of unbranched alkanes of at least 4 members (excludes halogenated alkanes) is 1. The lowest BCUT2D eigenvalue weighted by Gasteiger charge is -2.04. The van der Waals surface area contributed by atoms with Crippen LogP contribution in [-0.2, 0) is 6.18 Å². The fraction of sp³-hybridized carbons (Fsp3) is 0.429. The van der Waals surface area contributed by atoms with E-state index in [1.165, 1.54) is 6.07 Å². The van der Waals surface area contributed by atoms with Crippen LogP contribution in [0.3, 0.4) is 0 Å². The number of alkyl halides is 3. The Labute approximate surface area is 126 Å². The van der Waals surface area contributed by atoms with Gasteiger partial charge in [-0.05, 0) is 48.3 Å². The smallest absolute Gasteiger partial charge is 0.261 e. The van der Waals surface area contributed by atoms with E-state index < -0.39 is 11.7 Å². The summed E-state index contributed by atoms with van der Waals surface area (Å²) < 4.78 is 36.6. The van der Waals surface area contributed by atoms with Crippen LogP contribution in [0.25, 0.3) is 0 Å². The van der Waals surface area contributed by atoms with E-state index in [0.29, 0.717) is 5.69 Å². The molecule has 0 amide bonds. The number of rotatable bonds is 3. The number of nitrogens with zero attached hydrogens (tertiary/aromatic N) is 2. The molecule has 0 aromatic carbocycles. The predicted molar refractivity (Wildman–Crippen MR) is 80.1 cm³/mol. The molecule has 0 spiro atoms. The van der Waals surface area contributed by atoms with Gasteiger partial charge >= 0.3 is 6.18 Å². The van der Waals surface area contributed by atoms with Crippen molar-refractivity contribution >= 4 is 22.1 Å². The van der Waals surface area contributed by atoms with E-state index >= 15 is 0 Å². The Kier molecular flexibility index (Phi) is 9.12. The van der Waals surface area contributed by atoms with Crippen molar-refractivity contribution in [3.05, 3.63) is 40.3 Å². The monoisotopic (exact) mass is 350 g/mol. The van der Waals surface area contributed by atoms with Gasteiger partial charge in [0.1, 0.15) is 4.61 Å². The Hall–Kier alpha value is -1.17. The number of aryl methyl sites for hydroxylation is 1. The summed E-state index contributed by atoms with van der Waals surface area (Å²) in [6.45, 7) is 5.73. The first-order chi connectivity index (χ1) is 9.31. The van der Waals surface area contributed by atoms with Crippen LogP contribution in [0.2, 0.25) is 0 Å². The van der Waals surface area contributed by atoms with Gasteiger partial charge in [-0.2, -0.15) is 13.2 Å². The van der Waals surface area contributed by atoms with Gasteiger partial charge in [0.2, 0.25) is 0 Å². The second kappa shape index (κ2) is 9.69. The molecule has 0 radical (unpaired) electrons. The fourth-order valence-corrected chi connectivity index (χ4v) is 1.14. The van der Waals surface area contributed by atoms with Crippen LogP contribution in [0.15, 0.2) is 34.0 Å². The highest BCUT2D eigenvalue weighted by atomic mass is 79.9. The summed E-state index contributed by atoms with van der Waals surface area (Å²) in [4.78, 5) is 7.61. The molecule has 6 heteroatoms. The molecule has 0 fully saturated rings. The van der Waals surface area contributed by atoms with Crippen LogP contribution < -0.4 is 0 Å². The first-order valence-corrected chi connectivity index (χ1v) is 6.94. The lowest BCUT2D eigenvalue weighted by atomic mass is 10.2. The van der Waals surface area contributed by atoms with Crippen molar-refractivity contribution in [1.29, 1.82) is 0 Å². The minimum atomic E-state index is -4.28. The molecule has 0 bridgehead atoms. The van der Waals surface area contributed by atoms with E-state index in [0.717, 1.165) is 29.7 Å². The third kappa shape index (κ3) is 8.85. The van der Waals surface area contributed by atoms with E-state index in [1.54, 1.807) is 6.92 Å². The standard InChI is InChI=1S/C7H12BrN.C7H6F3N/c1-3-5-6-9-7(8)4-2;1-5-2-3-6(4-11-5)7(8,9)10/h4,6H,3,5H2,1-2H3;2-4H,1H3/b7-4-,9-6-;. The SMILES string of the molecule is C/C=C(Br)\N=C/CCC.Cc1ccc(C(F)(F)F)cn1. The van der Waals surface area contributed by atoms with E-state index in [-0.39, 0.29) is 0 Å². The lowest BCUT2D eigenvalue weighted by molar-refractivity contribution is -0.137. The van der Waals surface area contributed by atoms with Crippen molar-refractivity contribution in [2.24, 2.45) is 4.99 Å². The number of pyridine rings is 1. The highest BCUT2D eigenvalue weighted by Crippen LogP contribution is 2.28. The van der Waals surface area contributed by atoms with Crippen LogP contribution in [0.4, 0.5) is 13.2 Å². The van der Waals surface area contributed by atoms with Crippen molar-refractivity contribution in [2.75, 3.05) is 0 Å². The van der Waals surface area contributed by atoms with Gasteiger partial charge in [0.05, 0.1) is 5.56 Å². The maximum absolute atomic E-state index is 11.9. The number of halogens is 4. The third-order valence-electron chi connectivity index (χ3n) is 2.11. The molecule has 0 aliphatic rings. The molecule has 2 nitrogen and oxygen atoms in total. The van der Waals surface area contributed by atoms with Crippen LogP contribution >= 0.6 is 15.9 Å². The van der Waals surface area contributed by atoms with E-state index in [9.17, 15) is 13.2 Å². The van der Waals surface area contributed by atoms with E-state index in [2.05, 4.69) is 32.8 Å². The Bertz CT molecular complexity index is 437. The summed E-state index contributed by atoms with van der Waals surface area (Å²) in [6, 6.07) is 2.35. The largest absolute Gasteiger partial charge is 0.417 e. The van der Waals surface area contributed by atoms with Crippen molar-refractivity contribution < 1.29 is 13.2 Å². The zero-order valence-corrected chi connectivity index (χ0v) is 13.3. The minimum absolute atomic E-state index is 0.581. The average molecular weight is 351 g/mol. The molecule has 0 unspecified atom stereocenters. The molecule has 1 aromatic rings. The fourth-order valence-electron chi connectivity index (χ4n) is 0.991. The maximum Gasteiger partial charge on any atom is 0.417 e. The lowest BCUT2D eigenvalue weighted by Crippen LogP contribution is -2.05. The Morgan fingerprint density at radius 3 is 2.45 bits per heavy atom. The molecule has 112 valence electrons. The van der Waals surface area contributed by atoms with Crippen LogP contribution in [0, 0.1) is 6.92 Å². The summed E-state index contributed by atoms with van der Waals surface area (Å²) in [7, 11) is 0. The van der Waals surface area contributed by atoms with Gasteiger partial charge in [-0.1, -0.05) is 19.4 Å². The van der Waals surface area contributed by atoms with Crippen LogP contribution in [-0.4, -0.2) is 11.2 Å². The van der Waals surface area contributed by atoms with Crippen LogP contribution in [0.5, 0.6) is 0 Å². The van der Waals surface area contributed by atoms with Gasteiger partial charge in [-0.3, -0.25) is 9.98 Å². The van der Waals surface area contributed by atoms with Crippen LogP contribution in [0.1, 0.15) is 37.9 Å².